The Morgan fingerprint density at radius 2 is 1.83 bits per heavy atom. The fourth-order valence-electron chi connectivity index (χ4n) is 1.77. The first-order valence-electron chi connectivity index (χ1n) is 6.25. The number of hydrogen-bond donors (Lipinski definition) is 1. The van der Waals surface area contributed by atoms with Crippen LogP contribution in [-0.4, -0.2) is 52.8 Å². The number of benzene rings is 1. The van der Waals surface area contributed by atoms with Gasteiger partial charge in [0, 0.05) is 19.6 Å². The van der Waals surface area contributed by atoms with Crippen LogP contribution >= 0.6 is 0 Å². The highest BCUT2D eigenvalue weighted by Crippen LogP contribution is 2.27. The van der Waals surface area contributed by atoms with Crippen molar-refractivity contribution in [1.29, 1.82) is 0 Å². The normalized spacial score (nSPS) is 10.7. The summed E-state index contributed by atoms with van der Waals surface area (Å²) in [6.07, 6.45) is 1.01. The smallest absolute Gasteiger partial charge is 0.160 e. The van der Waals surface area contributed by atoms with Crippen molar-refractivity contribution in [2.45, 2.75) is 6.42 Å². The first-order valence-corrected chi connectivity index (χ1v) is 6.25. The molecule has 4 nitrogen and oxygen atoms in total. The lowest BCUT2D eigenvalue weighted by Gasteiger charge is -2.16. The third-order valence-corrected chi connectivity index (χ3v) is 2.97. The van der Waals surface area contributed by atoms with Gasteiger partial charge in [-0.3, -0.25) is 0 Å². The zero-order chi connectivity index (χ0) is 13.4. The Bertz CT molecular complexity index is 356. The maximum Gasteiger partial charge on any atom is 0.160 e. The van der Waals surface area contributed by atoms with Gasteiger partial charge in [-0.15, -0.1) is 0 Å². The van der Waals surface area contributed by atoms with Crippen molar-refractivity contribution in [1.82, 2.24) is 10.2 Å². The zero-order valence-electron chi connectivity index (χ0n) is 11.8. The lowest BCUT2D eigenvalue weighted by Crippen LogP contribution is -2.29. The predicted molar refractivity (Wildman–Crippen MR) is 74.7 cm³/mol. The van der Waals surface area contributed by atoms with Gasteiger partial charge in [-0.1, -0.05) is 6.07 Å². The van der Waals surface area contributed by atoms with Crippen LogP contribution in [0.1, 0.15) is 5.56 Å². The summed E-state index contributed by atoms with van der Waals surface area (Å²) in [5, 5.41) is 3.15. The summed E-state index contributed by atoms with van der Waals surface area (Å²) < 4.78 is 10.5. The lowest BCUT2D eigenvalue weighted by molar-refractivity contribution is 0.338. The first kappa shape index (κ1) is 14.8. The fraction of sp³-hybridized carbons (Fsp3) is 0.571. The molecule has 0 saturated heterocycles. The Kier molecular flexibility index (Phi) is 6.54. The van der Waals surface area contributed by atoms with Crippen LogP contribution in [0, 0.1) is 0 Å². The van der Waals surface area contributed by atoms with Crippen molar-refractivity contribution in [3.8, 4) is 11.5 Å². The largest absolute Gasteiger partial charge is 0.493 e. The molecule has 1 N–H and O–H groups in total. The Morgan fingerprint density at radius 1 is 1.11 bits per heavy atom. The minimum atomic E-state index is 0.782. The summed E-state index contributed by atoms with van der Waals surface area (Å²) in [5.74, 6) is 1.58. The summed E-state index contributed by atoms with van der Waals surface area (Å²) in [4.78, 5) is 2.31. The molecular formula is C14H24N2O2. The Balaban J connectivity index is 2.52. The zero-order valence-corrected chi connectivity index (χ0v) is 11.8. The van der Waals surface area contributed by atoms with E-state index in [1.807, 2.05) is 19.2 Å². The van der Waals surface area contributed by atoms with Gasteiger partial charge in [0.25, 0.3) is 0 Å². The molecule has 0 atom stereocenters. The molecule has 0 unspecified atom stereocenters. The molecule has 0 aliphatic rings. The van der Waals surface area contributed by atoms with Crippen molar-refractivity contribution in [3.05, 3.63) is 23.8 Å². The van der Waals surface area contributed by atoms with Crippen LogP contribution in [0.3, 0.4) is 0 Å². The minimum absolute atomic E-state index is 0.782. The molecular weight excluding hydrogens is 228 g/mol. The van der Waals surface area contributed by atoms with Crippen LogP contribution in [-0.2, 0) is 6.42 Å². The van der Waals surface area contributed by atoms with Gasteiger partial charge in [-0.2, -0.15) is 0 Å². The number of likely N-dealkylation sites (N-methyl/N-ethyl adjacent to an activating group) is 2. The van der Waals surface area contributed by atoms with E-state index in [4.69, 9.17) is 9.47 Å². The molecule has 0 heterocycles. The average molecular weight is 252 g/mol. The van der Waals surface area contributed by atoms with Gasteiger partial charge in [0.05, 0.1) is 14.2 Å². The van der Waals surface area contributed by atoms with Gasteiger partial charge in [-0.25, -0.2) is 0 Å². The van der Waals surface area contributed by atoms with Gasteiger partial charge in [0.15, 0.2) is 11.5 Å². The van der Waals surface area contributed by atoms with E-state index in [1.54, 1.807) is 14.2 Å². The minimum Gasteiger partial charge on any atom is -0.493 e. The van der Waals surface area contributed by atoms with Crippen molar-refractivity contribution in [2.75, 3.05) is 47.9 Å². The molecule has 102 valence electrons. The molecule has 0 aromatic heterocycles. The molecule has 0 aliphatic carbocycles. The quantitative estimate of drug-likeness (QED) is 0.758. The Morgan fingerprint density at radius 3 is 2.44 bits per heavy atom. The molecule has 0 amide bonds. The summed E-state index contributed by atoms with van der Waals surface area (Å²) in [6, 6.07) is 6.10. The number of nitrogens with zero attached hydrogens (tertiary/aromatic N) is 1. The average Bonchev–Trinajstić information content (AvgIpc) is 2.42. The predicted octanol–water partition coefficient (Wildman–Crippen LogP) is 1.40. The second kappa shape index (κ2) is 7.95. The van der Waals surface area contributed by atoms with Crippen LogP contribution < -0.4 is 14.8 Å². The molecule has 18 heavy (non-hydrogen) atoms. The monoisotopic (exact) mass is 252 g/mol. The highest BCUT2D eigenvalue weighted by atomic mass is 16.5. The van der Waals surface area contributed by atoms with Gasteiger partial charge in [-0.05, 0) is 38.2 Å². The fourth-order valence-corrected chi connectivity index (χ4v) is 1.77. The van der Waals surface area contributed by atoms with Crippen molar-refractivity contribution in [2.24, 2.45) is 0 Å². The summed E-state index contributed by atoms with van der Waals surface area (Å²) in [6.45, 7) is 3.11. The highest BCUT2D eigenvalue weighted by Gasteiger charge is 2.05. The van der Waals surface area contributed by atoms with Crippen LogP contribution in [0.5, 0.6) is 11.5 Å². The number of hydrogen-bond acceptors (Lipinski definition) is 4. The summed E-state index contributed by atoms with van der Waals surface area (Å²) in [7, 11) is 7.43. The van der Waals surface area contributed by atoms with Gasteiger partial charge >= 0.3 is 0 Å². The van der Waals surface area contributed by atoms with Crippen LogP contribution in [0.4, 0.5) is 0 Å². The highest BCUT2D eigenvalue weighted by molar-refractivity contribution is 5.42. The van der Waals surface area contributed by atoms with E-state index in [-0.39, 0.29) is 0 Å². The first-order chi connectivity index (χ1) is 8.71. The van der Waals surface area contributed by atoms with E-state index in [9.17, 15) is 0 Å². The standard InChI is InChI=1S/C14H24N2O2/c1-15-8-10-16(2)9-7-12-5-6-13(17-3)14(11-12)18-4/h5-6,11,15H,7-10H2,1-4H3. The Hall–Kier alpha value is -1.26. The van der Waals surface area contributed by atoms with E-state index < -0.39 is 0 Å². The van der Waals surface area contributed by atoms with E-state index in [2.05, 4.69) is 23.3 Å². The van der Waals surface area contributed by atoms with E-state index in [1.165, 1.54) is 5.56 Å². The SMILES string of the molecule is CNCCN(C)CCc1ccc(OC)c(OC)c1. The maximum absolute atomic E-state index is 5.30. The number of ether oxygens (including phenoxy) is 2. The number of nitrogens with one attached hydrogen (secondary N) is 1. The molecule has 0 saturated carbocycles. The maximum atomic E-state index is 5.30. The second-order valence-electron chi connectivity index (χ2n) is 4.35. The molecule has 0 bridgehead atoms. The molecule has 0 fully saturated rings. The van der Waals surface area contributed by atoms with Crippen LogP contribution in [0.2, 0.25) is 0 Å². The van der Waals surface area contributed by atoms with E-state index in [0.717, 1.165) is 37.6 Å². The molecule has 1 aromatic carbocycles. The topological polar surface area (TPSA) is 33.7 Å². The third-order valence-electron chi connectivity index (χ3n) is 2.97. The van der Waals surface area contributed by atoms with Gasteiger partial charge < -0.3 is 19.7 Å². The molecule has 4 heteroatoms. The molecule has 0 radical (unpaired) electrons. The van der Waals surface area contributed by atoms with Crippen LogP contribution in [0.15, 0.2) is 18.2 Å². The third kappa shape index (κ3) is 4.55. The van der Waals surface area contributed by atoms with Crippen molar-refractivity contribution < 1.29 is 9.47 Å². The van der Waals surface area contributed by atoms with E-state index >= 15 is 0 Å². The van der Waals surface area contributed by atoms with Gasteiger partial charge in [0.1, 0.15) is 0 Å². The van der Waals surface area contributed by atoms with E-state index in [0.29, 0.717) is 0 Å². The van der Waals surface area contributed by atoms with Gasteiger partial charge in [0.2, 0.25) is 0 Å². The number of rotatable bonds is 8. The number of methoxy groups -OCH3 is 2. The lowest BCUT2D eigenvalue weighted by atomic mass is 10.1. The van der Waals surface area contributed by atoms with Crippen LogP contribution in [0.25, 0.3) is 0 Å². The summed E-state index contributed by atoms with van der Waals surface area (Å²) in [5.41, 5.74) is 1.27. The molecule has 0 spiro atoms. The molecule has 1 rings (SSSR count). The summed E-state index contributed by atoms with van der Waals surface area (Å²) >= 11 is 0. The second-order valence-corrected chi connectivity index (χ2v) is 4.35. The van der Waals surface area contributed by atoms with Crippen molar-refractivity contribution >= 4 is 0 Å². The molecule has 1 aromatic rings. The van der Waals surface area contributed by atoms with Crippen molar-refractivity contribution in [3.63, 3.8) is 0 Å². The Labute approximate surface area is 110 Å². The molecule has 0 aliphatic heterocycles.